The van der Waals surface area contributed by atoms with E-state index in [0.29, 0.717) is 67.5 Å². The first kappa shape index (κ1) is 43.1. The minimum Gasteiger partial charge on any atom is -0.338 e. The quantitative estimate of drug-likeness (QED) is 0.0955. The molecule has 0 bridgehead atoms. The van der Waals surface area contributed by atoms with Crippen molar-refractivity contribution in [3.05, 3.63) is 157 Å². The number of rotatable bonds is 0. The molecular weight excluding hydrogens is 860 g/mol. The van der Waals surface area contributed by atoms with Gasteiger partial charge in [0.25, 0.3) is 0 Å². The van der Waals surface area contributed by atoms with Gasteiger partial charge >= 0.3 is 16.5 Å². The summed E-state index contributed by atoms with van der Waals surface area (Å²) in [5.74, 6) is -3.04. The van der Waals surface area contributed by atoms with Crippen molar-refractivity contribution in [2.24, 2.45) is 0 Å². The molecular formula is C38H22Mn3N6NiO6+2. The zero-order chi connectivity index (χ0) is 35.1. The maximum absolute atomic E-state index is 12.0. The van der Waals surface area contributed by atoms with Crippen LogP contribution in [0.2, 0.25) is 0 Å². The Kier molecular flexibility index (Phi) is 14.1. The van der Waals surface area contributed by atoms with Crippen molar-refractivity contribution >= 4 is 34.7 Å². The summed E-state index contributed by atoms with van der Waals surface area (Å²) in [5, 5.41) is 0. The standard InChI is InChI=1S/C14H10N2O2.2C12H6N2O2.3Mn.Ni/c1-15-7-3-5-9-11(15)12-10(14(18)13(9)17)6-4-8-16(12)2;2*15-11-7-3-1-5-13-9(7)10-8(12(11)16)4-2-6-14-10;;;;/h3-8H,1-2H2;2*1-6H;;;;/q;;;;;;+2. The topological polar surface area (TPSA) is 162 Å². The van der Waals surface area contributed by atoms with E-state index in [2.05, 4.69) is 34.0 Å². The van der Waals surface area contributed by atoms with E-state index in [-0.39, 0.29) is 67.7 Å². The largest absolute Gasteiger partial charge is 2.00 e. The van der Waals surface area contributed by atoms with Crippen molar-refractivity contribution < 1.29 is 106 Å². The summed E-state index contributed by atoms with van der Waals surface area (Å²) < 4.78 is 3.17. The van der Waals surface area contributed by atoms with Crippen LogP contribution in [0.25, 0.3) is 34.2 Å². The van der Waals surface area contributed by atoms with Crippen molar-refractivity contribution in [3.63, 3.8) is 0 Å². The molecule has 9 rings (SSSR count). The molecule has 12 nitrogen and oxygen atoms in total. The molecule has 0 amide bonds. The number of carbonyl (C=O) groups is 6. The predicted octanol–water partition coefficient (Wildman–Crippen LogP) is 3.62. The third kappa shape index (κ3) is 7.42. The van der Waals surface area contributed by atoms with Crippen molar-refractivity contribution in [2.75, 3.05) is 0 Å². The van der Waals surface area contributed by atoms with Gasteiger partial charge in [0.2, 0.25) is 34.7 Å². The summed E-state index contributed by atoms with van der Waals surface area (Å²) in [6.07, 6.45) is 9.80. The fraction of sp³-hybridized carbons (Fsp3) is 0. The Balaban J connectivity index is 0.000000210. The van der Waals surface area contributed by atoms with E-state index in [0.717, 1.165) is 0 Å². The predicted molar refractivity (Wildman–Crippen MR) is 175 cm³/mol. The summed E-state index contributed by atoms with van der Waals surface area (Å²) in [4.78, 5) is 87.5. The minimum atomic E-state index is -0.511. The molecule has 0 spiro atoms. The van der Waals surface area contributed by atoms with Gasteiger partial charge in [-0.1, -0.05) is 24.3 Å². The minimum absolute atomic E-state index is 0. The van der Waals surface area contributed by atoms with Crippen LogP contribution in [0.5, 0.6) is 0 Å². The fourth-order valence-electron chi connectivity index (χ4n) is 5.84. The Morgan fingerprint density at radius 3 is 0.852 bits per heavy atom. The summed E-state index contributed by atoms with van der Waals surface area (Å²) in [6.45, 7) is 0. The normalized spacial score (nSPS) is 12.2. The van der Waals surface area contributed by atoms with Crippen LogP contribution < -0.4 is 9.13 Å². The van der Waals surface area contributed by atoms with E-state index < -0.39 is 34.7 Å². The molecule has 0 saturated heterocycles. The van der Waals surface area contributed by atoms with Crippen LogP contribution in [0.15, 0.2) is 110 Å². The molecule has 0 unspecified atom stereocenters. The monoisotopic (exact) mass is 881 g/mol. The van der Waals surface area contributed by atoms with E-state index in [4.69, 9.17) is 0 Å². The molecule has 269 valence electrons. The number of carbonyl (C=O) groups excluding carboxylic acids is 6. The number of Topliss-reactive ketones (excluding diaryl/α,β-unsaturated/α-hetero) is 6. The molecule has 3 aliphatic carbocycles. The summed E-state index contributed by atoms with van der Waals surface area (Å²) in [6, 6.07) is 19.6. The van der Waals surface area contributed by atoms with Gasteiger partial charge in [-0.25, -0.2) is 0 Å². The molecule has 0 atom stereocenters. The Hall–Kier alpha value is -5.29. The van der Waals surface area contributed by atoms with Gasteiger partial charge < -0.3 is 9.13 Å². The zero-order valence-corrected chi connectivity index (χ0v) is 31.9. The van der Waals surface area contributed by atoms with Gasteiger partial charge in [-0.15, -0.1) is 0 Å². The van der Waals surface area contributed by atoms with E-state index in [1.807, 2.05) is 0 Å². The van der Waals surface area contributed by atoms with Gasteiger partial charge in [0.1, 0.15) is 34.2 Å². The maximum Gasteiger partial charge on any atom is 2.00 e. The SMILES string of the molecule is O=C1C(=O)c2cccnc2-c2ncccc21.O=C1C(=O)c2cccnc2-c2ncccc21.[CH2-][n+]1cccc2c1-c1c(ccc[n+]1[CH2-])C(=O)C2=O.[Mn].[Mn].[Mn].[Ni+2]. The van der Waals surface area contributed by atoms with Crippen LogP contribution in [0.4, 0.5) is 0 Å². The molecule has 3 aliphatic rings. The Labute approximate surface area is 349 Å². The third-order valence-electron chi connectivity index (χ3n) is 8.13. The van der Waals surface area contributed by atoms with E-state index in [9.17, 15) is 28.8 Å². The summed E-state index contributed by atoms with van der Waals surface area (Å²) >= 11 is 0. The summed E-state index contributed by atoms with van der Waals surface area (Å²) in [5.41, 5.74) is 5.26. The number of aromatic nitrogens is 6. The molecule has 16 heteroatoms. The van der Waals surface area contributed by atoms with Crippen LogP contribution >= 0.6 is 0 Å². The van der Waals surface area contributed by atoms with Crippen molar-refractivity contribution in [3.8, 4) is 34.2 Å². The van der Waals surface area contributed by atoms with Crippen LogP contribution in [0.1, 0.15) is 62.1 Å². The fourth-order valence-corrected chi connectivity index (χ4v) is 5.84. The van der Waals surface area contributed by atoms with Gasteiger partial charge in [-0.05, 0) is 48.5 Å². The van der Waals surface area contributed by atoms with Crippen LogP contribution in [0.3, 0.4) is 0 Å². The number of pyridine rings is 6. The second kappa shape index (κ2) is 17.7. The molecule has 6 aromatic heterocycles. The zero-order valence-electron chi connectivity index (χ0n) is 27.4. The molecule has 0 saturated carbocycles. The molecule has 0 aliphatic heterocycles. The van der Waals surface area contributed by atoms with Crippen molar-refractivity contribution in [1.29, 1.82) is 0 Å². The Morgan fingerprint density at radius 2 is 0.593 bits per heavy atom. The Morgan fingerprint density at radius 1 is 0.370 bits per heavy atom. The first-order valence-corrected chi connectivity index (χ1v) is 15.0. The molecule has 6 aromatic rings. The first-order chi connectivity index (χ1) is 24.2. The van der Waals surface area contributed by atoms with Crippen LogP contribution in [-0.2, 0) is 67.7 Å². The van der Waals surface area contributed by atoms with E-state index >= 15 is 0 Å². The molecule has 0 aromatic carbocycles. The molecule has 3 radical (unpaired) electrons. The van der Waals surface area contributed by atoms with Crippen LogP contribution in [-0.4, -0.2) is 54.6 Å². The molecule has 0 fully saturated rings. The van der Waals surface area contributed by atoms with Crippen LogP contribution in [0, 0.1) is 14.1 Å². The second-order valence-corrected chi connectivity index (χ2v) is 11.1. The van der Waals surface area contributed by atoms with Crippen molar-refractivity contribution in [1.82, 2.24) is 19.9 Å². The van der Waals surface area contributed by atoms with E-state index in [1.165, 1.54) is 0 Å². The average molecular weight is 882 g/mol. The van der Waals surface area contributed by atoms with Gasteiger partial charge in [0.15, 0.2) is 0 Å². The molecule has 0 N–H and O–H groups in total. The number of fused-ring (bicyclic) bond motifs is 9. The number of ketones is 6. The van der Waals surface area contributed by atoms with Gasteiger partial charge in [0, 0.05) is 101 Å². The third-order valence-corrected chi connectivity index (χ3v) is 8.13. The van der Waals surface area contributed by atoms with Gasteiger partial charge in [-0.2, -0.15) is 0 Å². The maximum atomic E-state index is 12.0. The number of hydrogen-bond donors (Lipinski definition) is 0. The number of nitrogens with zero attached hydrogens (tertiary/aromatic N) is 6. The molecule has 6 heterocycles. The number of hydrogen-bond acceptors (Lipinski definition) is 10. The Bertz CT molecular complexity index is 2230. The van der Waals surface area contributed by atoms with E-state index in [1.54, 1.807) is 119 Å². The summed E-state index contributed by atoms with van der Waals surface area (Å²) in [7, 11) is 7.69. The van der Waals surface area contributed by atoms with Gasteiger partial charge in [-0.3, -0.25) is 48.7 Å². The molecule has 54 heavy (non-hydrogen) atoms. The van der Waals surface area contributed by atoms with Gasteiger partial charge in [0.05, 0.1) is 34.6 Å². The second-order valence-electron chi connectivity index (χ2n) is 11.1. The first-order valence-electron chi connectivity index (χ1n) is 15.0. The average Bonchev–Trinajstić information content (AvgIpc) is 3.15. The van der Waals surface area contributed by atoms with Crippen molar-refractivity contribution in [2.45, 2.75) is 0 Å². The smallest absolute Gasteiger partial charge is 0.338 e.